The molecular formula is C24H27N5O2S. The van der Waals surface area contributed by atoms with Crippen LogP contribution in [0.4, 0.5) is 11.6 Å². The molecule has 1 fully saturated rings. The summed E-state index contributed by atoms with van der Waals surface area (Å²) in [7, 11) is 0. The van der Waals surface area contributed by atoms with Gasteiger partial charge in [0.1, 0.15) is 0 Å². The van der Waals surface area contributed by atoms with Gasteiger partial charge in [-0.1, -0.05) is 48.2 Å². The second kappa shape index (κ2) is 9.34. The predicted octanol–water partition coefficient (Wildman–Crippen LogP) is 3.48. The molecule has 2 aliphatic rings. The van der Waals surface area contributed by atoms with E-state index in [-0.39, 0.29) is 5.91 Å². The fourth-order valence-corrected chi connectivity index (χ4v) is 5.18. The van der Waals surface area contributed by atoms with Gasteiger partial charge in [0.05, 0.1) is 18.9 Å². The van der Waals surface area contributed by atoms with Gasteiger partial charge in [-0.25, -0.2) is 0 Å². The van der Waals surface area contributed by atoms with Crippen LogP contribution in [0, 0.1) is 6.92 Å². The molecule has 2 aromatic carbocycles. The number of benzene rings is 2. The number of ether oxygens (including phenoxy) is 1. The summed E-state index contributed by atoms with van der Waals surface area (Å²) in [6, 6.07) is 16.4. The quantitative estimate of drug-likeness (QED) is 0.537. The summed E-state index contributed by atoms with van der Waals surface area (Å²) in [6.07, 6.45) is 1.39. The van der Waals surface area contributed by atoms with Crippen LogP contribution in [0.3, 0.4) is 0 Å². The fourth-order valence-electron chi connectivity index (χ4n) is 4.31. The number of aromatic nitrogens is 3. The van der Waals surface area contributed by atoms with Crippen molar-refractivity contribution in [1.29, 1.82) is 0 Å². The van der Waals surface area contributed by atoms with Crippen molar-refractivity contribution in [2.75, 3.05) is 48.4 Å². The van der Waals surface area contributed by atoms with Crippen molar-refractivity contribution in [1.82, 2.24) is 14.8 Å². The standard InChI is InChI=1S/C24H27N5O2S/c1-18-6-2-4-8-20(18)29-23(27-13-15-31-16-14-27)25-26-24(29)32-17-11-22(30)28-12-10-19-7-3-5-9-21(19)28/h2-9H,10-17H2,1H3. The number of morpholine rings is 1. The SMILES string of the molecule is Cc1ccccc1-n1c(SCCC(=O)N2CCc3ccccc32)nnc1N1CCOCC1. The zero-order valence-electron chi connectivity index (χ0n) is 18.2. The number of hydrogen-bond donors (Lipinski definition) is 0. The number of thioether (sulfide) groups is 1. The first-order chi connectivity index (χ1) is 15.7. The first-order valence-corrected chi connectivity index (χ1v) is 12.1. The Morgan fingerprint density at radius 2 is 1.75 bits per heavy atom. The van der Waals surface area contributed by atoms with Gasteiger partial charge in [0.2, 0.25) is 11.9 Å². The number of carbonyl (C=O) groups excluding carboxylic acids is 1. The van der Waals surface area contributed by atoms with Crippen LogP contribution in [0.5, 0.6) is 0 Å². The summed E-state index contributed by atoms with van der Waals surface area (Å²) in [5.74, 6) is 1.66. The van der Waals surface area contributed by atoms with Gasteiger partial charge in [-0.3, -0.25) is 9.36 Å². The zero-order valence-corrected chi connectivity index (χ0v) is 19.1. The molecule has 0 aliphatic carbocycles. The lowest BCUT2D eigenvalue weighted by Crippen LogP contribution is -2.38. The van der Waals surface area contributed by atoms with E-state index in [0.717, 1.165) is 54.1 Å². The van der Waals surface area contributed by atoms with Crippen LogP contribution in [0.25, 0.3) is 5.69 Å². The van der Waals surface area contributed by atoms with Gasteiger partial charge in [-0.2, -0.15) is 0 Å². The predicted molar refractivity (Wildman–Crippen MR) is 127 cm³/mol. The topological polar surface area (TPSA) is 63.5 Å². The molecule has 0 bridgehead atoms. The molecule has 1 amide bonds. The summed E-state index contributed by atoms with van der Waals surface area (Å²) in [5.41, 5.74) is 4.54. The van der Waals surface area contributed by atoms with E-state index in [1.165, 1.54) is 5.56 Å². The van der Waals surface area contributed by atoms with Crippen LogP contribution in [-0.2, 0) is 16.0 Å². The molecule has 1 saturated heterocycles. The number of anilines is 2. The van der Waals surface area contributed by atoms with Crippen molar-refractivity contribution < 1.29 is 9.53 Å². The monoisotopic (exact) mass is 449 g/mol. The lowest BCUT2D eigenvalue weighted by Gasteiger charge is -2.28. The molecule has 166 valence electrons. The second-order valence-electron chi connectivity index (χ2n) is 8.03. The van der Waals surface area contributed by atoms with Gasteiger partial charge < -0.3 is 14.5 Å². The molecule has 1 aromatic heterocycles. The van der Waals surface area contributed by atoms with E-state index < -0.39 is 0 Å². The Morgan fingerprint density at radius 1 is 1.00 bits per heavy atom. The molecule has 8 heteroatoms. The largest absolute Gasteiger partial charge is 0.378 e. The van der Waals surface area contributed by atoms with Crippen LogP contribution < -0.4 is 9.80 Å². The minimum Gasteiger partial charge on any atom is -0.378 e. The van der Waals surface area contributed by atoms with E-state index in [1.807, 2.05) is 35.2 Å². The van der Waals surface area contributed by atoms with Gasteiger partial charge >= 0.3 is 0 Å². The van der Waals surface area contributed by atoms with E-state index in [4.69, 9.17) is 4.74 Å². The normalized spacial score (nSPS) is 15.8. The number of hydrogen-bond acceptors (Lipinski definition) is 6. The van der Waals surface area contributed by atoms with Crippen molar-refractivity contribution in [2.45, 2.75) is 24.9 Å². The maximum Gasteiger partial charge on any atom is 0.232 e. The average molecular weight is 450 g/mol. The number of fused-ring (bicyclic) bond motifs is 1. The molecule has 0 spiro atoms. The Bertz CT molecular complexity index is 1110. The van der Waals surface area contributed by atoms with Gasteiger partial charge in [0.15, 0.2) is 5.16 Å². The van der Waals surface area contributed by atoms with Crippen LogP contribution in [0.1, 0.15) is 17.5 Å². The number of nitrogens with zero attached hydrogens (tertiary/aromatic N) is 5. The summed E-state index contributed by atoms with van der Waals surface area (Å²) in [5, 5.41) is 9.85. The summed E-state index contributed by atoms with van der Waals surface area (Å²) in [4.78, 5) is 17.0. The smallest absolute Gasteiger partial charge is 0.232 e. The number of rotatable bonds is 6. The summed E-state index contributed by atoms with van der Waals surface area (Å²) >= 11 is 1.59. The van der Waals surface area contributed by atoms with Crippen LogP contribution >= 0.6 is 11.8 Å². The van der Waals surface area contributed by atoms with Crippen molar-refractivity contribution in [3.8, 4) is 5.69 Å². The highest BCUT2D eigenvalue weighted by molar-refractivity contribution is 7.99. The average Bonchev–Trinajstić information content (AvgIpc) is 3.44. The highest BCUT2D eigenvalue weighted by Crippen LogP contribution is 2.31. The van der Waals surface area contributed by atoms with Gasteiger partial charge in [0, 0.05) is 37.5 Å². The molecule has 0 saturated carbocycles. The lowest BCUT2D eigenvalue weighted by molar-refractivity contribution is -0.118. The van der Waals surface area contributed by atoms with E-state index in [2.05, 4.69) is 44.8 Å². The molecule has 0 radical (unpaired) electrons. The number of carbonyl (C=O) groups is 1. The van der Waals surface area contributed by atoms with Crippen molar-refractivity contribution in [3.05, 3.63) is 59.7 Å². The van der Waals surface area contributed by atoms with Crippen LogP contribution in [-0.4, -0.2) is 59.3 Å². The molecule has 3 heterocycles. The van der Waals surface area contributed by atoms with Crippen molar-refractivity contribution in [3.63, 3.8) is 0 Å². The Morgan fingerprint density at radius 3 is 2.56 bits per heavy atom. The molecule has 3 aromatic rings. The van der Waals surface area contributed by atoms with Gasteiger partial charge in [-0.15, -0.1) is 10.2 Å². The third-order valence-electron chi connectivity index (χ3n) is 6.00. The van der Waals surface area contributed by atoms with Gasteiger partial charge in [0.25, 0.3) is 0 Å². The lowest BCUT2D eigenvalue weighted by atomic mass is 10.2. The maximum absolute atomic E-state index is 12.9. The van der Waals surface area contributed by atoms with Crippen molar-refractivity contribution in [2.24, 2.45) is 0 Å². The van der Waals surface area contributed by atoms with Crippen molar-refractivity contribution >= 4 is 29.3 Å². The molecular weight excluding hydrogens is 422 g/mol. The third-order valence-corrected chi connectivity index (χ3v) is 6.93. The Balaban J connectivity index is 1.33. The van der Waals surface area contributed by atoms with E-state index in [1.54, 1.807) is 11.8 Å². The minimum atomic E-state index is 0.165. The molecule has 0 N–H and O–H groups in total. The number of amides is 1. The summed E-state index contributed by atoms with van der Waals surface area (Å²) in [6.45, 7) is 5.83. The Labute approximate surface area is 192 Å². The minimum absolute atomic E-state index is 0.165. The molecule has 32 heavy (non-hydrogen) atoms. The van der Waals surface area contributed by atoms with E-state index in [0.29, 0.717) is 25.4 Å². The van der Waals surface area contributed by atoms with E-state index in [9.17, 15) is 4.79 Å². The number of aryl methyl sites for hydroxylation is 1. The first-order valence-electron chi connectivity index (χ1n) is 11.1. The van der Waals surface area contributed by atoms with Crippen LogP contribution in [0.2, 0.25) is 0 Å². The molecule has 0 unspecified atom stereocenters. The highest BCUT2D eigenvalue weighted by atomic mass is 32.2. The third kappa shape index (κ3) is 4.12. The fraction of sp³-hybridized carbons (Fsp3) is 0.375. The molecule has 0 atom stereocenters. The molecule has 7 nitrogen and oxygen atoms in total. The zero-order chi connectivity index (χ0) is 21.9. The highest BCUT2D eigenvalue weighted by Gasteiger charge is 2.25. The Kier molecular flexibility index (Phi) is 6.14. The first kappa shape index (κ1) is 21.0. The van der Waals surface area contributed by atoms with Gasteiger partial charge in [-0.05, 0) is 36.6 Å². The molecule has 5 rings (SSSR count). The van der Waals surface area contributed by atoms with E-state index >= 15 is 0 Å². The second-order valence-corrected chi connectivity index (χ2v) is 9.09. The number of para-hydroxylation sites is 2. The molecule has 2 aliphatic heterocycles. The maximum atomic E-state index is 12.9. The van der Waals surface area contributed by atoms with Crippen LogP contribution in [0.15, 0.2) is 53.7 Å². The summed E-state index contributed by atoms with van der Waals surface area (Å²) < 4.78 is 7.64. The Hall–Kier alpha value is -2.84.